The van der Waals surface area contributed by atoms with Crippen molar-refractivity contribution in [2.75, 3.05) is 0 Å². The van der Waals surface area contributed by atoms with E-state index in [1.165, 1.54) is 19.3 Å². The topological polar surface area (TPSA) is 20.2 Å². The summed E-state index contributed by atoms with van der Waals surface area (Å²) in [6, 6.07) is 0. The van der Waals surface area contributed by atoms with E-state index >= 15 is 0 Å². The van der Waals surface area contributed by atoms with E-state index in [9.17, 15) is 5.11 Å². The zero-order valence-electron chi connectivity index (χ0n) is 10.1. The van der Waals surface area contributed by atoms with Crippen molar-refractivity contribution in [3.05, 3.63) is 35.6 Å². The van der Waals surface area contributed by atoms with E-state index in [1.807, 2.05) is 12.2 Å². The normalized spacial score (nSPS) is 39.8. The molecule has 0 aromatic carbocycles. The van der Waals surface area contributed by atoms with Crippen LogP contribution in [0.3, 0.4) is 0 Å². The number of hydrogen-bond acceptors (Lipinski definition) is 1. The molecule has 1 N–H and O–H groups in total. The summed E-state index contributed by atoms with van der Waals surface area (Å²) in [5, 5.41) is 10.1. The molecule has 0 amide bonds. The van der Waals surface area contributed by atoms with Gasteiger partial charge in [-0.25, -0.2) is 0 Å². The molecule has 3 aliphatic rings. The van der Waals surface area contributed by atoms with Gasteiger partial charge in [0.25, 0.3) is 0 Å². The lowest BCUT2D eigenvalue weighted by Crippen LogP contribution is -2.29. The van der Waals surface area contributed by atoms with Gasteiger partial charge >= 0.3 is 0 Å². The Balaban J connectivity index is 2.10. The Morgan fingerprint density at radius 3 is 3.00 bits per heavy atom. The van der Waals surface area contributed by atoms with Crippen LogP contribution in [0.25, 0.3) is 0 Å². The molecule has 16 heavy (non-hydrogen) atoms. The molecule has 0 saturated heterocycles. The Morgan fingerprint density at radius 1 is 1.38 bits per heavy atom. The van der Waals surface area contributed by atoms with Crippen molar-refractivity contribution in [1.82, 2.24) is 0 Å². The average Bonchev–Trinajstić information content (AvgIpc) is 2.50. The molecule has 86 valence electrons. The molecule has 0 heterocycles. The number of fused-ring (bicyclic) bond motifs is 3. The molecule has 0 aliphatic heterocycles. The van der Waals surface area contributed by atoms with Gasteiger partial charge in [-0.3, -0.25) is 0 Å². The van der Waals surface area contributed by atoms with Crippen molar-refractivity contribution >= 4 is 0 Å². The van der Waals surface area contributed by atoms with Gasteiger partial charge in [0.2, 0.25) is 0 Å². The van der Waals surface area contributed by atoms with Crippen LogP contribution in [0.5, 0.6) is 0 Å². The number of rotatable bonds is 0. The van der Waals surface area contributed by atoms with Crippen molar-refractivity contribution in [3.8, 4) is 0 Å². The molecule has 1 heteroatoms. The number of allylic oxidation sites excluding steroid dienone is 6. The molecule has 0 bridgehead atoms. The smallest absolute Gasteiger partial charge is 0.0968 e. The van der Waals surface area contributed by atoms with Crippen LogP contribution < -0.4 is 0 Å². The van der Waals surface area contributed by atoms with E-state index in [0.29, 0.717) is 23.5 Å². The summed E-state index contributed by atoms with van der Waals surface area (Å²) in [4.78, 5) is 0. The molecule has 3 atom stereocenters. The maximum atomic E-state index is 10.1. The van der Waals surface area contributed by atoms with Gasteiger partial charge in [0, 0.05) is 11.8 Å². The van der Waals surface area contributed by atoms with Gasteiger partial charge < -0.3 is 5.11 Å². The van der Waals surface area contributed by atoms with E-state index in [1.54, 1.807) is 5.57 Å². The van der Waals surface area contributed by atoms with Crippen molar-refractivity contribution in [2.45, 2.75) is 33.1 Å². The van der Waals surface area contributed by atoms with Gasteiger partial charge in [0.15, 0.2) is 0 Å². The minimum atomic E-state index is 0.211. The Bertz CT molecular complexity index is 398. The zero-order valence-corrected chi connectivity index (χ0v) is 10.1. The number of hydrogen-bond donors (Lipinski definition) is 1. The van der Waals surface area contributed by atoms with Crippen LogP contribution >= 0.6 is 0 Å². The second-order valence-electron chi connectivity index (χ2n) is 5.99. The summed E-state index contributed by atoms with van der Waals surface area (Å²) in [5.41, 5.74) is 1.81. The summed E-state index contributed by atoms with van der Waals surface area (Å²) < 4.78 is 0. The van der Waals surface area contributed by atoms with Crippen LogP contribution in [0.1, 0.15) is 33.1 Å². The Kier molecular flexibility index (Phi) is 2.07. The highest BCUT2D eigenvalue weighted by molar-refractivity contribution is 5.37. The second kappa shape index (κ2) is 3.26. The molecule has 0 spiro atoms. The van der Waals surface area contributed by atoms with Gasteiger partial charge in [0.1, 0.15) is 0 Å². The zero-order chi connectivity index (χ0) is 11.3. The van der Waals surface area contributed by atoms with Crippen LogP contribution in [0, 0.1) is 23.2 Å². The third-order valence-electron chi connectivity index (χ3n) is 4.83. The summed E-state index contributed by atoms with van der Waals surface area (Å²) in [6.45, 7) is 4.65. The fourth-order valence-corrected chi connectivity index (χ4v) is 4.11. The lowest BCUT2D eigenvalue weighted by Gasteiger charge is -2.34. The summed E-state index contributed by atoms with van der Waals surface area (Å²) >= 11 is 0. The summed E-state index contributed by atoms with van der Waals surface area (Å²) in [5.74, 6) is 2.04. The van der Waals surface area contributed by atoms with Crippen LogP contribution in [-0.4, -0.2) is 5.11 Å². The highest BCUT2D eigenvalue weighted by Gasteiger charge is 2.53. The van der Waals surface area contributed by atoms with Gasteiger partial charge in [-0.15, -0.1) is 0 Å². The van der Waals surface area contributed by atoms with E-state index in [-0.39, 0.29) is 5.41 Å². The molecule has 3 aliphatic carbocycles. The van der Waals surface area contributed by atoms with Crippen molar-refractivity contribution in [2.24, 2.45) is 23.2 Å². The fourth-order valence-electron chi connectivity index (χ4n) is 4.11. The van der Waals surface area contributed by atoms with Gasteiger partial charge in [-0.2, -0.15) is 0 Å². The number of aliphatic hydroxyl groups excluding tert-OH is 1. The molecule has 2 unspecified atom stereocenters. The quantitative estimate of drug-likeness (QED) is 0.607. The largest absolute Gasteiger partial charge is 0.512 e. The van der Waals surface area contributed by atoms with E-state index < -0.39 is 0 Å². The lowest BCUT2D eigenvalue weighted by molar-refractivity contribution is 0.150. The second-order valence-corrected chi connectivity index (χ2v) is 5.99. The first-order valence-corrected chi connectivity index (χ1v) is 6.39. The van der Waals surface area contributed by atoms with Crippen molar-refractivity contribution in [1.29, 1.82) is 0 Å². The van der Waals surface area contributed by atoms with E-state index in [4.69, 9.17) is 0 Å². The Hall–Kier alpha value is -0.980. The highest BCUT2D eigenvalue weighted by Crippen LogP contribution is 2.60. The third-order valence-corrected chi connectivity index (χ3v) is 4.83. The molecular formula is C15H20O. The first-order chi connectivity index (χ1) is 7.62. The van der Waals surface area contributed by atoms with Crippen LogP contribution in [0.15, 0.2) is 35.6 Å². The fraction of sp³-hybridized carbons (Fsp3) is 0.600. The highest BCUT2D eigenvalue weighted by atomic mass is 16.3. The minimum absolute atomic E-state index is 0.211. The maximum Gasteiger partial charge on any atom is 0.0968 e. The van der Waals surface area contributed by atoms with Gasteiger partial charge in [0.05, 0.1) is 5.76 Å². The molecule has 0 aromatic heterocycles. The Morgan fingerprint density at radius 2 is 2.19 bits per heavy atom. The van der Waals surface area contributed by atoms with Crippen molar-refractivity contribution < 1.29 is 5.11 Å². The summed E-state index contributed by atoms with van der Waals surface area (Å²) in [7, 11) is 0. The van der Waals surface area contributed by atoms with Crippen LogP contribution in [-0.2, 0) is 0 Å². The van der Waals surface area contributed by atoms with Crippen LogP contribution in [0.4, 0.5) is 0 Å². The van der Waals surface area contributed by atoms with Crippen molar-refractivity contribution in [3.63, 3.8) is 0 Å². The molecule has 3 rings (SSSR count). The molecular weight excluding hydrogens is 196 g/mol. The van der Waals surface area contributed by atoms with E-state index in [0.717, 1.165) is 0 Å². The maximum absolute atomic E-state index is 10.1. The Labute approximate surface area is 97.6 Å². The molecule has 0 radical (unpaired) electrons. The first kappa shape index (κ1) is 10.2. The first-order valence-electron chi connectivity index (χ1n) is 6.39. The monoisotopic (exact) mass is 216 g/mol. The average molecular weight is 216 g/mol. The predicted molar refractivity (Wildman–Crippen MR) is 66.0 cm³/mol. The number of aliphatic hydroxyl groups is 1. The SMILES string of the molecule is CC1(C)C2CCCC=C2C2C=CC=C(O)[C@@H]21. The van der Waals surface area contributed by atoms with E-state index in [2.05, 4.69) is 26.0 Å². The molecule has 1 fully saturated rings. The predicted octanol–water partition coefficient (Wildman–Crippen LogP) is 4.00. The minimum Gasteiger partial charge on any atom is -0.512 e. The molecule has 0 aromatic rings. The third kappa shape index (κ3) is 1.17. The lowest BCUT2D eigenvalue weighted by atomic mass is 9.70. The van der Waals surface area contributed by atoms with Gasteiger partial charge in [-0.05, 0) is 36.7 Å². The van der Waals surface area contributed by atoms with Crippen LogP contribution in [0.2, 0.25) is 0 Å². The molecule has 1 nitrogen and oxygen atoms in total. The standard InChI is InChI=1S/C15H20O/c1-15(2)12-8-4-3-6-10(12)11-7-5-9-13(16)14(11)15/h5-7,9,11-12,14,16H,3-4,8H2,1-2H3/t11?,12?,14-/m1/s1. The van der Waals surface area contributed by atoms with Gasteiger partial charge in [-0.1, -0.05) is 37.6 Å². The summed E-state index contributed by atoms with van der Waals surface area (Å²) in [6.07, 6.45) is 12.4. The molecule has 1 saturated carbocycles.